The highest BCUT2D eigenvalue weighted by Gasteiger charge is 2.14. The number of carbonyl (C=O) groups excluding carboxylic acids is 1. The lowest BCUT2D eigenvalue weighted by Crippen LogP contribution is -2.33. The second-order valence-corrected chi connectivity index (χ2v) is 4.48. The SMILES string of the molecule is Br.COC(=O)NC1=C(C)C=CN(Cc2ccccc2)C1. The molecule has 1 aromatic rings. The molecular weight excluding hydrogens is 320 g/mol. The molecular formula is C15H19BrN2O2. The molecule has 0 radical (unpaired) electrons. The van der Waals surface area contributed by atoms with Crippen molar-refractivity contribution in [2.24, 2.45) is 0 Å². The van der Waals surface area contributed by atoms with Gasteiger partial charge in [0, 0.05) is 18.4 Å². The fraction of sp³-hybridized carbons (Fsp3) is 0.267. The summed E-state index contributed by atoms with van der Waals surface area (Å²) >= 11 is 0. The quantitative estimate of drug-likeness (QED) is 0.919. The van der Waals surface area contributed by atoms with Crippen molar-refractivity contribution in [3.05, 3.63) is 59.4 Å². The number of benzene rings is 1. The lowest BCUT2D eigenvalue weighted by molar-refractivity contribution is 0.173. The van der Waals surface area contributed by atoms with Gasteiger partial charge in [0.25, 0.3) is 0 Å². The normalized spacial score (nSPS) is 13.8. The van der Waals surface area contributed by atoms with E-state index in [0.717, 1.165) is 17.8 Å². The van der Waals surface area contributed by atoms with Gasteiger partial charge in [0.15, 0.2) is 0 Å². The second kappa shape index (κ2) is 7.75. The molecule has 1 aliphatic heterocycles. The molecule has 0 spiro atoms. The minimum Gasteiger partial charge on any atom is -0.453 e. The Morgan fingerprint density at radius 3 is 2.70 bits per heavy atom. The van der Waals surface area contributed by atoms with E-state index in [9.17, 15) is 4.79 Å². The first-order valence-corrected chi connectivity index (χ1v) is 6.20. The maximum Gasteiger partial charge on any atom is 0.411 e. The summed E-state index contributed by atoms with van der Waals surface area (Å²) in [6.07, 6.45) is 3.62. The monoisotopic (exact) mass is 338 g/mol. The molecule has 0 aliphatic carbocycles. The summed E-state index contributed by atoms with van der Waals surface area (Å²) in [5, 5.41) is 2.76. The zero-order valence-corrected chi connectivity index (χ0v) is 13.3. The van der Waals surface area contributed by atoms with Gasteiger partial charge in [-0.1, -0.05) is 30.3 Å². The number of alkyl carbamates (subject to hydrolysis) is 1. The van der Waals surface area contributed by atoms with Crippen LogP contribution in [-0.4, -0.2) is 24.6 Å². The van der Waals surface area contributed by atoms with Gasteiger partial charge in [-0.15, -0.1) is 17.0 Å². The van der Waals surface area contributed by atoms with Crippen LogP contribution in [0.3, 0.4) is 0 Å². The summed E-state index contributed by atoms with van der Waals surface area (Å²) in [4.78, 5) is 13.4. The summed E-state index contributed by atoms with van der Waals surface area (Å²) < 4.78 is 4.63. The summed E-state index contributed by atoms with van der Waals surface area (Å²) in [6, 6.07) is 10.2. The van der Waals surface area contributed by atoms with E-state index in [2.05, 4.69) is 27.1 Å². The van der Waals surface area contributed by atoms with Gasteiger partial charge in [-0.3, -0.25) is 5.32 Å². The third-order valence-corrected chi connectivity index (χ3v) is 3.04. The Morgan fingerprint density at radius 1 is 1.35 bits per heavy atom. The number of carbonyl (C=O) groups is 1. The van der Waals surface area contributed by atoms with Crippen molar-refractivity contribution in [2.75, 3.05) is 13.7 Å². The Bertz CT molecular complexity index is 512. The number of ether oxygens (including phenoxy) is 1. The van der Waals surface area contributed by atoms with E-state index in [4.69, 9.17) is 0 Å². The lowest BCUT2D eigenvalue weighted by atomic mass is 10.1. The third-order valence-electron chi connectivity index (χ3n) is 3.04. The van der Waals surface area contributed by atoms with Crippen LogP contribution in [0.5, 0.6) is 0 Å². The smallest absolute Gasteiger partial charge is 0.411 e. The molecule has 0 saturated carbocycles. The number of nitrogens with one attached hydrogen (secondary N) is 1. The Morgan fingerprint density at radius 2 is 2.05 bits per heavy atom. The molecule has 1 aliphatic rings. The van der Waals surface area contributed by atoms with Gasteiger partial charge in [0.05, 0.1) is 13.7 Å². The van der Waals surface area contributed by atoms with Crippen molar-refractivity contribution in [1.29, 1.82) is 0 Å². The Balaban J connectivity index is 0.00000200. The number of halogens is 1. The highest BCUT2D eigenvalue weighted by Crippen LogP contribution is 2.15. The molecule has 4 nitrogen and oxygen atoms in total. The number of hydrogen-bond acceptors (Lipinski definition) is 3. The van der Waals surface area contributed by atoms with Crippen LogP contribution in [0.15, 0.2) is 53.9 Å². The standard InChI is InChI=1S/C15H18N2O2.BrH/c1-12-8-9-17(10-13-6-4-3-5-7-13)11-14(12)16-15(18)19-2;/h3-9H,10-11H2,1-2H3,(H,16,18);1H. The predicted molar refractivity (Wildman–Crippen MR) is 84.6 cm³/mol. The predicted octanol–water partition coefficient (Wildman–Crippen LogP) is 3.22. The van der Waals surface area contributed by atoms with E-state index in [1.807, 2.05) is 37.4 Å². The largest absolute Gasteiger partial charge is 0.453 e. The molecule has 0 saturated heterocycles. The van der Waals surface area contributed by atoms with Crippen LogP contribution in [0.25, 0.3) is 0 Å². The molecule has 0 atom stereocenters. The number of methoxy groups -OCH3 is 1. The van der Waals surface area contributed by atoms with E-state index in [1.165, 1.54) is 12.7 Å². The molecule has 1 heterocycles. The molecule has 1 N–H and O–H groups in total. The van der Waals surface area contributed by atoms with Crippen LogP contribution in [0.1, 0.15) is 12.5 Å². The van der Waals surface area contributed by atoms with Crippen molar-refractivity contribution in [1.82, 2.24) is 10.2 Å². The highest BCUT2D eigenvalue weighted by atomic mass is 79.9. The lowest BCUT2D eigenvalue weighted by Gasteiger charge is -2.26. The fourth-order valence-electron chi connectivity index (χ4n) is 1.94. The minimum atomic E-state index is -0.427. The first-order chi connectivity index (χ1) is 9.19. The summed E-state index contributed by atoms with van der Waals surface area (Å²) in [5.74, 6) is 0. The first-order valence-electron chi connectivity index (χ1n) is 6.20. The fourth-order valence-corrected chi connectivity index (χ4v) is 1.94. The topological polar surface area (TPSA) is 41.6 Å². The first kappa shape index (κ1) is 16.3. The molecule has 1 aromatic carbocycles. The van der Waals surface area contributed by atoms with Crippen molar-refractivity contribution in [2.45, 2.75) is 13.5 Å². The maximum atomic E-state index is 11.3. The molecule has 0 unspecified atom stereocenters. The molecule has 0 bridgehead atoms. The van der Waals surface area contributed by atoms with E-state index < -0.39 is 6.09 Å². The Labute approximate surface area is 129 Å². The number of rotatable bonds is 3. The van der Waals surface area contributed by atoms with Gasteiger partial charge in [-0.25, -0.2) is 4.79 Å². The highest BCUT2D eigenvalue weighted by molar-refractivity contribution is 8.93. The van der Waals surface area contributed by atoms with Crippen LogP contribution < -0.4 is 5.32 Å². The molecule has 2 rings (SSSR count). The van der Waals surface area contributed by atoms with Crippen LogP contribution in [0.2, 0.25) is 0 Å². The molecule has 108 valence electrons. The van der Waals surface area contributed by atoms with Crippen molar-refractivity contribution < 1.29 is 9.53 Å². The molecule has 20 heavy (non-hydrogen) atoms. The minimum absolute atomic E-state index is 0. The van der Waals surface area contributed by atoms with E-state index in [-0.39, 0.29) is 17.0 Å². The van der Waals surface area contributed by atoms with Crippen LogP contribution in [-0.2, 0) is 11.3 Å². The average Bonchev–Trinajstić information content (AvgIpc) is 2.43. The zero-order valence-electron chi connectivity index (χ0n) is 11.6. The number of allylic oxidation sites excluding steroid dienone is 2. The van der Waals surface area contributed by atoms with E-state index >= 15 is 0 Å². The van der Waals surface area contributed by atoms with Gasteiger partial charge in [-0.05, 0) is 24.1 Å². The van der Waals surface area contributed by atoms with Crippen LogP contribution in [0.4, 0.5) is 4.79 Å². The average molecular weight is 339 g/mol. The Kier molecular flexibility index (Phi) is 6.31. The molecule has 0 aromatic heterocycles. The molecule has 0 fully saturated rings. The third kappa shape index (κ3) is 4.42. The molecule has 5 heteroatoms. The molecule has 1 amide bonds. The van der Waals surface area contributed by atoms with Crippen molar-refractivity contribution in [3.8, 4) is 0 Å². The van der Waals surface area contributed by atoms with E-state index in [1.54, 1.807) is 0 Å². The van der Waals surface area contributed by atoms with Gasteiger partial charge >= 0.3 is 6.09 Å². The maximum absolute atomic E-state index is 11.3. The van der Waals surface area contributed by atoms with Crippen LogP contribution in [0, 0.1) is 0 Å². The summed E-state index contributed by atoms with van der Waals surface area (Å²) in [7, 11) is 1.37. The Hall–Kier alpha value is -1.75. The number of hydrogen-bond donors (Lipinski definition) is 1. The van der Waals surface area contributed by atoms with Crippen LogP contribution >= 0.6 is 17.0 Å². The van der Waals surface area contributed by atoms with Crippen molar-refractivity contribution in [3.63, 3.8) is 0 Å². The van der Waals surface area contributed by atoms with Gasteiger partial charge in [-0.2, -0.15) is 0 Å². The number of nitrogens with zero attached hydrogens (tertiary/aromatic N) is 1. The van der Waals surface area contributed by atoms with Gasteiger partial charge in [0.2, 0.25) is 0 Å². The summed E-state index contributed by atoms with van der Waals surface area (Å²) in [5.41, 5.74) is 3.17. The zero-order chi connectivity index (χ0) is 13.7. The van der Waals surface area contributed by atoms with Gasteiger partial charge in [0.1, 0.15) is 0 Å². The van der Waals surface area contributed by atoms with Gasteiger partial charge < -0.3 is 9.64 Å². The summed E-state index contributed by atoms with van der Waals surface area (Å²) in [6.45, 7) is 3.46. The van der Waals surface area contributed by atoms with Crippen molar-refractivity contribution >= 4 is 23.1 Å². The second-order valence-electron chi connectivity index (χ2n) is 4.48. The number of amides is 1. The van der Waals surface area contributed by atoms with E-state index in [0.29, 0.717) is 6.54 Å².